The van der Waals surface area contributed by atoms with Gasteiger partial charge in [0.25, 0.3) is 10.1 Å². The predicted octanol–water partition coefficient (Wildman–Crippen LogP) is 1.37. The maximum Gasteiger partial charge on any atom is 0.298 e. The van der Waals surface area contributed by atoms with Gasteiger partial charge in [-0.05, 0) is 12.1 Å². The second-order valence-corrected chi connectivity index (χ2v) is 3.88. The van der Waals surface area contributed by atoms with E-state index in [1.54, 1.807) is 0 Å². The molecule has 0 aliphatic rings. The van der Waals surface area contributed by atoms with Crippen molar-refractivity contribution in [2.24, 2.45) is 0 Å². The van der Waals surface area contributed by atoms with E-state index in [2.05, 4.69) is 0 Å². The summed E-state index contributed by atoms with van der Waals surface area (Å²) in [4.78, 5) is -0.306. The number of rotatable bonds is 3. The molecular weight excluding hydrogens is 244 g/mol. The summed E-state index contributed by atoms with van der Waals surface area (Å²) < 4.78 is 40.3. The highest BCUT2D eigenvalue weighted by molar-refractivity contribution is 7.86. The fourth-order valence-electron chi connectivity index (χ4n) is 0.986. The molecule has 15 heavy (non-hydrogen) atoms. The standard InChI is InChI=1S/C8H10O5S.ClH/c1-12-6-3-4-7(13-2)8(5-6)14(9,10)11;/h3-5H,1-2H3,(H,9,10,11);1H. The molecule has 0 saturated carbocycles. The Hall–Kier alpha value is -0.980. The molecule has 86 valence electrons. The SMILES string of the molecule is COc1ccc(OC)c(S(=O)(=O)O)c1.Cl. The molecule has 0 saturated heterocycles. The van der Waals surface area contributed by atoms with Crippen LogP contribution in [0.25, 0.3) is 0 Å². The van der Waals surface area contributed by atoms with E-state index in [0.717, 1.165) is 0 Å². The summed E-state index contributed by atoms with van der Waals surface area (Å²) in [6.45, 7) is 0. The van der Waals surface area contributed by atoms with Gasteiger partial charge in [0.15, 0.2) is 0 Å². The van der Waals surface area contributed by atoms with Crippen LogP contribution in [0.3, 0.4) is 0 Å². The first kappa shape index (κ1) is 14.0. The third-order valence-electron chi connectivity index (χ3n) is 1.65. The zero-order valence-corrected chi connectivity index (χ0v) is 9.76. The first-order valence-electron chi connectivity index (χ1n) is 3.68. The van der Waals surface area contributed by atoms with Gasteiger partial charge in [-0.15, -0.1) is 12.4 Å². The van der Waals surface area contributed by atoms with Crippen molar-refractivity contribution in [3.8, 4) is 11.5 Å². The number of benzene rings is 1. The van der Waals surface area contributed by atoms with Gasteiger partial charge in [-0.1, -0.05) is 0 Å². The van der Waals surface area contributed by atoms with Crippen molar-refractivity contribution in [2.45, 2.75) is 4.90 Å². The van der Waals surface area contributed by atoms with Crippen LogP contribution in [0, 0.1) is 0 Å². The number of halogens is 1. The fraction of sp³-hybridized carbons (Fsp3) is 0.250. The van der Waals surface area contributed by atoms with Gasteiger partial charge in [-0.2, -0.15) is 8.42 Å². The summed E-state index contributed by atoms with van der Waals surface area (Å²) >= 11 is 0. The molecule has 0 amide bonds. The molecule has 0 bridgehead atoms. The average Bonchev–Trinajstić information content (AvgIpc) is 2.15. The number of methoxy groups -OCH3 is 2. The van der Waals surface area contributed by atoms with Crippen LogP contribution in [0.1, 0.15) is 0 Å². The summed E-state index contributed by atoms with van der Waals surface area (Å²) in [5.41, 5.74) is 0. The van der Waals surface area contributed by atoms with Crippen LogP contribution in [0.5, 0.6) is 11.5 Å². The van der Waals surface area contributed by atoms with Crippen LogP contribution in [0.4, 0.5) is 0 Å². The van der Waals surface area contributed by atoms with Crippen molar-refractivity contribution in [2.75, 3.05) is 14.2 Å². The highest BCUT2D eigenvalue weighted by atomic mass is 35.5. The average molecular weight is 255 g/mol. The van der Waals surface area contributed by atoms with Crippen LogP contribution in [0.15, 0.2) is 23.1 Å². The topological polar surface area (TPSA) is 72.8 Å². The first-order valence-corrected chi connectivity index (χ1v) is 5.12. The Morgan fingerprint density at radius 1 is 1.20 bits per heavy atom. The Bertz CT molecular complexity index is 429. The van der Waals surface area contributed by atoms with Crippen LogP contribution in [0.2, 0.25) is 0 Å². The van der Waals surface area contributed by atoms with Crippen molar-refractivity contribution < 1.29 is 22.4 Å². The van der Waals surface area contributed by atoms with Crippen LogP contribution in [-0.2, 0) is 10.1 Å². The molecule has 0 heterocycles. The maximum absolute atomic E-state index is 10.9. The van der Waals surface area contributed by atoms with Crippen molar-refractivity contribution in [1.82, 2.24) is 0 Å². The first-order chi connectivity index (χ1) is 6.49. The van der Waals surface area contributed by atoms with E-state index in [-0.39, 0.29) is 23.1 Å². The van der Waals surface area contributed by atoms with Gasteiger partial charge in [-0.25, -0.2) is 0 Å². The zero-order chi connectivity index (χ0) is 10.8. The molecule has 0 aromatic heterocycles. The number of ether oxygens (including phenoxy) is 2. The van der Waals surface area contributed by atoms with Crippen molar-refractivity contribution in [3.05, 3.63) is 18.2 Å². The molecule has 5 nitrogen and oxygen atoms in total. The molecule has 1 N–H and O–H groups in total. The lowest BCUT2D eigenvalue weighted by atomic mass is 10.3. The molecule has 0 aliphatic heterocycles. The quantitative estimate of drug-likeness (QED) is 0.825. The molecule has 1 rings (SSSR count). The third kappa shape index (κ3) is 3.26. The normalized spacial score (nSPS) is 10.3. The summed E-state index contributed by atoms with van der Waals surface area (Å²) in [6.07, 6.45) is 0. The van der Waals surface area contributed by atoms with Gasteiger partial charge in [0.2, 0.25) is 0 Å². The minimum Gasteiger partial charge on any atom is -0.497 e. The monoisotopic (exact) mass is 254 g/mol. The molecule has 0 fully saturated rings. The van der Waals surface area contributed by atoms with E-state index >= 15 is 0 Å². The minimum absolute atomic E-state index is 0. The smallest absolute Gasteiger partial charge is 0.298 e. The van der Waals surface area contributed by atoms with Crippen LogP contribution >= 0.6 is 12.4 Å². The van der Waals surface area contributed by atoms with E-state index < -0.39 is 10.1 Å². The lowest BCUT2D eigenvalue weighted by molar-refractivity contribution is 0.388. The Labute approximate surface area is 94.2 Å². The molecule has 0 spiro atoms. The highest BCUT2D eigenvalue weighted by Gasteiger charge is 2.17. The molecule has 0 radical (unpaired) electrons. The third-order valence-corrected chi connectivity index (χ3v) is 2.52. The molecule has 1 aromatic carbocycles. The summed E-state index contributed by atoms with van der Waals surface area (Å²) in [5.74, 6) is 0.409. The van der Waals surface area contributed by atoms with Crippen molar-refractivity contribution >= 4 is 22.5 Å². The largest absolute Gasteiger partial charge is 0.497 e. The molecule has 0 unspecified atom stereocenters. The van der Waals surface area contributed by atoms with E-state index in [1.165, 1.54) is 32.4 Å². The van der Waals surface area contributed by atoms with Crippen molar-refractivity contribution in [3.63, 3.8) is 0 Å². The van der Waals surface area contributed by atoms with E-state index in [4.69, 9.17) is 14.0 Å². The van der Waals surface area contributed by atoms with Crippen molar-refractivity contribution in [1.29, 1.82) is 0 Å². The van der Waals surface area contributed by atoms with Gasteiger partial charge in [-0.3, -0.25) is 4.55 Å². The second kappa shape index (κ2) is 5.20. The van der Waals surface area contributed by atoms with Crippen LogP contribution < -0.4 is 9.47 Å². The van der Waals surface area contributed by atoms with Gasteiger partial charge >= 0.3 is 0 Å². The Balaban J connectivity index is 0.00000196. The lowest BCUT2D eigenvalue weighted by Crippen LogP contribution is -2.01. The molecule has 0 atom stereocenters. The highest BCUT2D eigenvalue weighted by Crippen LogP contribution is 2.27. The maximum atomic E-state index is 10.9. The van der Waals surface area contributed by atoms with Gasteiger partial charge < -0.3 is 9.47 Å². The molecule has 1 aromatic rings. The molecule has 7 heteroatoms. The Morgan fingerprint density at radius 2 is 1.80 bits per heavy atom. The number of hydrogen-bond acceptors (Lipinski definition) is 4. The summed E-state index contributed by atoms with van der Waals surface area (Å²) in [7, 11) is -1.57. The van der Waals surface area contributed by atoms with E-state index in [1.807, 2.05) is 0 Å². The zero-order valence-electron chi connectivity index (χ0n) is 8.13. The number of hydrogen-bond donors (Lipinski definition) is 1. The summed E-state index contributed by atoms with van der Waals surface area (Å²) in [5, 5.41) is 0. The van der Waals surface area contributed by atoms with E-state index in [0.29, 0.717) is 5.75 Å². The van der Waals surface area contributed by atoms with Gasteiger partial charge in [0.1, 0.15) is 16.4 Å². The second-order valence-electron chi connectivity index (χ2n) is 2.49. The fourth-order valence-corrected chi connectivity index (χ4v) is 1.66. The van der Waals surface area contributed by atoms with Gasteiger partial charge in [0, 0.05) is 6.07 Å². The Morgan fingerprint density at radius 3 is 2.20 bits per heavy atom. The minimum atomic E-state index is -4.28. The molecular formula is C8H11ClO5S. The van der Waals surface area contributed by atoms with Crippen LogP contribution in [-0.4, -0.2) is 27.2 Å². The Kier molecular flexibility index (Phi) is 4.86. The predicted molar refractivity (Wildman–Crippen MR) is 56.6 cm³/mol. The van der Waals surface area contributed by atoms with Gasteiger partial charge in [0.05, 0.1) is 14.2 Å². The summed E-state index contributed by atoms with van der Waals surface area (Å²) in [6, 6.07) is 4.13. The van der Waals surface area contributed by atoms with E-state index in [9.17, 15) is 8.42 Å². The molecule has 0 aliphatic carbocycles. The lowest BCUT2D eigenvalue weighted by Gasteiger charge is -2.07.